The summed E-state index contributed by atoms with van der Waals surface area (Å²) >= 11 is 0. The summed E-state index contributed by atoms with van der Waals surface area (Å²) in [4.78, 5) is 0. The zero-order valence-corrected chi connectivity index (χ0v) is 13.7. The van der Waals surface area contributed by atoms with Crippen LogP contribution >= 0.6 is 0 Å². The van der Waals surface area contributed by atoms with Crippen molar-refractivity contribution in [2.24, 2.45) is 0 Å². The molecule has 0 unspecified atom stereocenters. The molecule has 21 heavy (non-hydrogen) atoms. The Morgan fingerprint density at radius 1 is 1.24 bits per heavy atom. The Balaban J connectivity index is 0.000000885. The summed E-state index contributed by atoms with van der Waals surface area (Å²) in [6.45, 7) is 12.3. The molecule has 4 nitrogen and oxygen atoms in total. The van der Waals surface area contributed by atoms with Crippen LogP contribution in [-0.2, 0) is 6.54 Å². The lowest BCUT2D eigenvalue weighted by atomic mass is 9.79. The molecule has 0 heterocycles. The van der Waals surface area contributed by atoms with Crippen molar-refractivity contribution in [2.75, 3.05) is 20.1 Å². The fraction of sp³-hybridized carbons (Fsp3) is 0.500. The van der Waals surface area contributed by atoms with Crippen molar-refractivity contribution in [3.8, 4) is 0 Å². The standard InChI is InChI=1S/C12H21BN2O2.C4H8/c1-10-8-12(13(16)17)5-4-11(10)9-15-7-3-6-14-2;1-4(2)3/h4-5,8,14-17H,3,6-7,9H2,1-2H3;1H2,2-3H3. The van der Waals surface area contributed by atoms with Crippen molar-refractivity contribution in [1.29, 1.82) is 0 Å². The quantitative estimate of drug-likeness (QED) is 0.343. The minimum atomic E-state index is -1.38. The summed E-state index contributed by atoms with van der Waals surface area (Å²) in [6.07, 6.45) is 1.10. The molecule has 0 aliphatic heterocycles. The first-order chi connectivity index (χ1) is 9.88. The lowest BCUT2D eigenvalue weighted by molar-refractivity contribution is 0.425. The monoisotopic (exact) mass is 292 g/mol. The first-order valence-electron chi connectivity index (χ1n) is 7.31. The van der Waals surface area contributed by atoms with E-state index < -0.39 is 7.12 Å². The van der Waals surface area contributed by atoms with E-state index in [4.69, 9.17) is 10.0 Å². The van der Waals surface area contributed by atoms with E-state index in [1.165, 1.54) is 11.1 Å². The normalized spacial score (nSPS) is 9.81. The van der Waals surface area contributed by atoms with E-state index in [1.807, 2.05) is 40.0 Å². The summed E-state index contributed by atoms with van der Waals surface area (Å²) in [7, 11) is 0.564. The Hall–Kier alpha value is -1.14. The highest BCUT2D eigenvalue weighted by Gasteiger charge is 2.11. The molecule has 0 bridgehead atoms. The van der Waals surface area contributed by atoms with Crippen LogP contribution in [0.5, 0.6) is 0 Å². The Morgan fingerprint density at radius 2 is 1.86 bits per heavy atom. The van der Waals surface area contributed by atoms with E-state index in [0.29, 0.717) is 5.46 Å². The first-order valence-corrected chi connectivity index (χ1v) is 7.31. The lowest BCUT2D eigenvalue weighted by Crippen LogP contribution is -2.30. The van der Waals surface area contributed by atoms with Crippen LogP contribution in [0.1, 0.15) is 31.4 Å². The molecule has 0 aromatic heterocycles. The van der Waals surface area contributed by atoms with Gasteiger partial charge in [-0.05, 0) is 63.9 Å². The third-order valence-electron chi connectivity index (χ3n) is 2.76. The Labute approximate surface area is 129 Å². The van der Waals surface area contributed by atoms with E-state index in [9.17, 15) is 0 Å². The van der Waals surface area contributed by atoms with Gasteiger partial charge >= 0.3 is 7.12 Å². The van der Waals surface area contributed by atoms with Gasteiger partial charge in [-0.3, -0.25) is 0 Å². The third-order valence-corrected chi connectivity index (χ3v) is 2.76. The second-order valence-corrected chi connectivity index (χ2v) is 5.40. The molecule has 5 heteroatoms. The van der Waals surface area contributed by atoms with Gasteiger partial charge in [0.1, 0.15) is 0 Å². The topological polar surface area (TPSA) is 64.5 Å². The van der Waals surface area contributed by atoms with Crippen LogP contribution in [-0.4, -0.2) is 37.3 Å². The lowest BCUT2D eigenvalue weighted by Gasteiger charge is -2.09. The number of nitrogens with one attached hydrogen (secondary N) is 2. The fourth-order valence-corrected chi connectivity index (χ4v) is 1.69. The Bertz CT molecular complexity index is 419. The summed E-state index contributed by atoms with van der Waals surface area (Å²) in [5, 5.41) is 24.6. The van der Waals surface area contributed by atoms with Gasteiger partial charge in [-0.2, -0.15) is 0 Å². The molecule has 1 aromatic rings. The Morgan fingerprint density at radius 3 is 2.33 bits per heavy atom. The second-order valence-electron chi connectivity index (χ2n) is 5.40. The highest BCUT2D eigenvalue weighted by molar-refractivity contribution is 6.58. The van der Waals surface area contributed by atoms with Gasteiger partial charge in [-0.1, -0.05) is 23.8 Å². The maximum Gasteiger partial charge on any atom is 0.488 e. The van der Waals surface area contributed by atoms with Crippen LogP contribution in [0.2, 0.25) is 0 Å². The number of rotatable bonds is 7. The van der Waals surface area contributed by atoms with Crippen LogP contribution in [0, 0.1) is 6.92 Å². The van der Waals surface area contributed by atoms with Crippen LogP contribution in [0.4, 0.5) is 0 Å². The molecule has 0 amide bonds. The average molecular weight is 292 g/mol. The van der Waals surface area contributed by atoms with Gasteiger partial charge in [0.15, 0.2) is 0 Å². The molecule has 118 valence electrons. The summed E-state index contributed by atoms with van der Waals surface area (Å²) < 4.78 is 0. The first kappa shape index (κ1) is 19.9. The van der Waals surface area contributed by atoms with Crippen LogP contribution in [0.25, 0.3) is 0 Å². The SMILES string of the molecule is C=C(C)C.CNCCCNCc1ccc(B(O)O)cc1C. The van der Waals surface area contributed by atoms with Crippen molar-refractivity contribution >= 4 is 12.6 Å². The number of hydrogen-bond acceptors (Lipinski definition) is 4. The maximum absolute atomic E-state index is 9.05. The van der Waals surface area contributed by atoms with Gasteiger partial charge in [0.25, 0.3) is 0 Å². The highest BCUT2D eigenvalue weighted by atomic mass is 16.4. The molecule has 0 aliphatic rings. The predicted octanol–water partition coefficient (Wildman–Crippen LogP) is 0.956. The second kappa shape index (κ2) is 11.5. The number of hydrogen-bond donors (Lipinski definition) is 4. The van der Waals surface area contributed by atoms with E-state index in [-0.39, 0.29) is 0 Å². The number of allylic oxidation sites excluding steroid dienone is 1. The van der Waals surface area contributed by atoms with Crippen LogP contribution in [0.15, 0.2) is 30.4 Å². The molecule has 4 N–H and O–H groups in total. The highest BCUT2D eigenvalue weighted by Crippen LogP contribution is 2.05. The summed E-state index contributed by atoms with van der Waals surface area (Å²) in [5.41, 5.74) is 3.98. The minimum Gasteiger partial charge on any atom is -0.423 e. The van der Waals surface area contributed by atoms with Gasteiger partial charge in [0.05, 0.1) is 0 Å². The maximum atomic E-state index is 9.05. The van der Waals surface area contributed by atoms with Gasteiger partial charge in [0.2, 0.25) is 0 Å². The molecule has 1 aromatic carbocycles. The molecule has 0 aliphatic carbocycles. The summed E-state index contributed by atoms with van der Waals surface area (Å²) in [5.74, 6) is 0. The van der Waals surface area contributed by atoms with Gasteiger partial charge in [0, 0.05) is 6.54 Å². The smallest absolute Gasteiger partial charge is 0.423 e. The average Bonchev–Trinajstić information content (AvgIpc) is 2.39. The fourth-order valence-electron chi connectivity index (χ4n) is 1.69. The van der Waals surface area contributed by atoms with E-state index in [1.54, 1.807) is 6.07 Å². The molecule has 0 spiro atoms. The van der Waals surface area contributed by atoms with Crippen molar-refractivity contribution in [2.45, 2.75) is 33.7 Å². The van der Waals surface area contributed by atoms with E-state index >= 15 is 0 Å². The number of benzene rings is 1. The van der Waals surface area contributed by atoms with Gasteiger partial charge < -0.3 is 20.7 Å². The zero-order chi connectivity index (χ0) is 16.3. The molecule has 0 atom stereocenters. The van der Waals surface area contributed by atoms with Gasteiger partial charge in [-0.15, -0.1) is 6.58 Å². The minimum absolute atomic E-state index is 0.543. The van der Waals surface area contributed by atoms with Crippen molar-refractivity contribution < 1.29 is 10.0 Å². The van der Waals surface area contributed by atoms with Crippen molar-refractivity contribution in [3.05, 3.63) is 41.5 Å². The van der Waals surface area contributed by atoms with Crippen molar-refractivity contribution in [1.82, 2.24) is 10.6 Å². The van der Waals surface area contributed by atoms with E-state index in [2.05, 4.69) is 17.2 Å². The molecule has 0 fully saturated rings. The third kappa shape index (κ3) is 10.3. The molecule has 0 radical (unpaired) electrons. The van der Waals surface area contributed by atoms with E-state index in [0.717, 1.165) is 31.6 Å². The largest absolute Gasteiger partial charge is 0.488 e. The van der Waals surface area contributed by atoms with Crippen LogP contribution < -0.4 is 16.1 Å². The molecule has 0 saturated heterocycles. The molecule has 0 saturated carbocycles. The molecule has 1 rings (SSSR count). The molecular weight excluding hydrogens is 263 g/mol. The Kier molecular flexibility index (Phi) is 10.9. The molecular formula is C16H29BN2O2. The van der Waals surface area contributed by atoms with Crippen LogP contribution in [0.3, 0.4) is 0 Å². The number of aryl methyl sites for hydroxylation is 1. The van der Waals surface area contributed by atoms with Gasteiger partial charge in [-0.25, -0.2) is 0 Å². The van der Waals surface area contributed by atoms with Crippen molar-refractivity contribution in [3.63, 3.8) is 0 Å². The summed E-state index contributed by atoms with van der Waals surface area (Å²) in [6, 6.07) is 5.51. The predicted molar refractivity (Wildman–Crippen MR) is 91.7 cm³/mol. The zero-order valence-electron chi connectivity index (χ0n) is 13.7.